The fourth-order valence-corrected chi connectivity index (χ4v) is 1.83. The Labute approximate surface area is 109 Å². The summed E-state index contributed by atoms with van der Waals surface area (Å²) in [5.74, 6) is 2.60. The van der Waals surface area contributed by atoms with Crippen molar-refractivity contribution in [3.63, 3.8) is 0 Å². The minimum Gasteiger partial charge on any atom is -0.493 e. The van der Waals surface area contributed by atoms with Crippen LogP contribution in [-0.2, 0) is 6.42 Å². The quantitative estimate of drug-likeness (QED) is 0.770. The first kappa shape index (κ1) is 13.2. The van der Waals surface area contributed by atoms with E-state index in [1.54, 1.807) is 0 Å². The van der Waals surface area contributed by atoms with Crippen LogP contribution in [0.25, 0.3) is 0 Å². The van der Waals surface area contributed by atoms with Gasteiger partial charge in [-0.15, -0.1) is 0 Å². The Balaban J connectivity index is 2.03. The Bertz CT molecular complexity index is 375. The average Bonchev–Trinajstić information content (AvgIpc) is 3.20. The lowest BCUT2D eigenvalue weighted by Gasteiger charge is -2.13. The third kappa shape index (κ3) is 3.91. The molecule has 0 unspecified atom stereocenters. The molecule has 1 fully saturated rings. The van der Waals surface area contributed by atoms with Crippen molar-refractivity contribution in [1.29, 1.82) is 0 Å². The fourth-order valence-electron chi connectivity index (χ4n) is 1.83. The highest BCUT2D eigenvalue weighted by atomic mass is 16.5. The second-order valence-electron chi connectivity index (χ2n) is 4.91. The molecule has 2 N–H and O–H groups in total. The highest BCUT2D eigenvalue weighted by molar-refractivity contribution is 5.41. The van der Waals surface area contributed by atoms with Gasteiger partial charge < -0.3 is 15.2 Å². The largest absolute Gasteiger partial charge is 0.493 e. The first-order valence-electron chi connectivity index (χ1n) is 6.92. The van der Waals surface area contributed by atoms with Crippen LogP contribution in [0.2, 0.25) is 0 Å². The van der Waals surface area contributed by atoms with Gasteiger partial charge in [0.2, 0.25) is 0 Å². The van der Waals surface area contributed by atoms with Gasteiger partial charge >= 0.3 is 0 Å². The normalized spacial score (nSPS) is 14.6. The molecule has 0 atom stereocenters. The van der Waals surface area contributed by atoms with Gasteiger partial charge in [-0.2, -0.15) is 0 Å². The van der Waals surface area contributed by atoms with Crippen molar-refractivity contribution in [2.45, 2.75) is 32.6 Å². The molecule has 1 aliphatic rings. The third-order valence-corrected chi connectivity index (χ3v) is 3.10. The topological polar surface area (TPSA) is 44.5 Å². The van der Waals surface area contributed by atoms with Gasteiger partial charge in [0.25, 0.3) is 0 Å². The Morgan fingerprint density at radius 1 is 1.28 bits per heavy atom. The Morgan fingerprint density at radius 3 is 2.78 bits per heavy atom. The van der Waals surface area contributed by atoms with Crippen molar-refractivity contribution in [2.75, 3.05) is 19.8 Å². The van der Waals surface area contributed by atoms with E-state index in [4.69, 9.17) is 15.2 Å². The molecular formula is C15H23NO2. The van der Waals surface area contributed by atoms with Gasteiger partial charge in [-0.3, -0.25) is 0 Å². The van der Waals surface area contributed by atoms with Crippen LogP contribution < -0.4 is 15.2 Å². The van der Waals surface area contributed by atoms with Crippen LogP contribution in [0.5, 0.6) is 11.5 Å². The van der Waals surface area contributed by atoms with E-state index in [2.05, 4.69) is 13.0 Å². The van der Waals surface area contributed by atoms with Crippen molar-refractivity contribution < 1.29 is 9.47 Å². The average molecular weight is 249 g/mol. The molecule has 0 amide bonds. The number of rotatable bonds is 8. The summed E-state index contributed by atoms with van der Waals surface area (Å²) >= 11 is 0. The van der Waals surface area contributed by atoms with Crippen LogP contribution in [0, 0.1) is 5.92 Å². The van der Waals surface area contributed by atoms with E-state index in [0.29, 0.717) is 6.54 Å². The van der Waals surface area contributed by atoms with Gasteiger partial charge in [0, 0.05) is 6.07 Å². The first-order valence-corrected chi connectivity index (χ1v) is 6.92. The van der Waals surface area contributed by atoms with Crippen LogP contribution in [0.1, 0.15) is 31.7 Å². The summed E-state index contributed by atoms with van der Waals surface area (Å²) in [6.45, 7) is 4.33. The molecule has 0 spiro atoms. The lowest BCUT2D eigenvalue weighted by atomic mass is 10.1. The molecule has 1 aromatic carbocycles. The predicted molar refractivity (Wildman–Crippen MR) is 73.2 cm³/mol. The molecule has 2 rings (SSSR count). The predicted octanol–water partition coefficient (Wildman–Crippen LogP) is 2.77. The molecule has 0 saturated heterocycles. The van der Waals surface area contributed by atoms with E-state index < -0.39 is 0 Å². The maximum absolute atomic E-state index is 5.90. The molecule has 1 aromatic rings. The second kappa shape index (κ2) is 6.64. The zero-order chi connectivity index (χ0) is 12.8. The summed E-state index contributed by atoms with van der Waals surface area (Å²) in [5.41, 5.74) is 6.81. The molecule has 0 aromatic heterocycles. The molecule has 0 aliphatic heterocycles. The minimum atomic E-state index is 0.648. The number of benzene rings is 1. The molecule has 1 aliphatic carbocycles. The van der Waals surface area contributed by atoms with E-state index in [0.717, 1.165) is 43.5 Å². The maximum Gasteiger partial charge on any atom is 0.126 e. The highest BCUT2D eigenvalue weighted by Gasteiger charge is 2.22. The number of hydrogen-bond acceptors (Lipinski definition) is 3. The monoisotopic (exact) mass is 249 g/mol. The van der Waals surface area contributed by atoms with Crippen LogP contribution in [-0.4, -0.2) is 19.8 Å². The summed E-state index contributed by atoms with van der Waals surface area (Å²) < 4.78 is 11.5. The number of nitrogens with two attached hydrogens (primary N) is 1. The van der Waals surface area contributed by atoms with E-state index >= 15 is 0 Å². The lowest BCUT2D eigenvalue weighted by molar-refractivity contribution is 0.288. The molecule has 3 heteroatoms. The number of hydrogen-bond donors (Lipinski definition) is 1. The van der Waals surface area contributed by atoms with Crippen LogP contribution in [0.3, 0.4) is 0 Å². The summed E-state index contributed by atoms with van der Waals surface area (Å²) in [7, 11) is 0. The molecule has 18 heavy (non-hydrogen) atoms. The van der Waals surface area contributed by atoms with Crippen molar-refractivity contribution in [2.24, 2.45) is 11.7 Å². The van der Waals surface area contributed by atoms with Crippen LogP contribution >= 0.6 is 0 Å². The molecule has 0 heterocycles. The lowest BCUT2D eigenvalue weighted by Crippen LogP contribution is -2.07. The SMILES string of the molecule is CCCOc1ccc(CCN)c(OCC2CC2)c1. The van der Waals surface area contributed by atoms with Gasteiger partial charge in [0.05, 0.1) is 13.2 Å². The van der Waals surface area contributed by atoms with E-state index in [1.165, 1.54) is 18.4 Å². The molecule has 1 saturated carbocycles. The first-order chi connectivity index (χ1) is 8.83. The van der Waals surface area contributed by atoms with Crippen molar-refractivity contribution >= 4 is 0 Å². The Hall–Kier alpha value is -1.22. The van der Waals surface area contributed by atoms with E-state index in [-0.39, 0.29) is 0 Å². The number of ether oxygens (including phenoxy) is 2. The molecule has 100 valence electrons. The minimum absolute atomic E-state index is 0.648. The van der Waals surface area contributed by atoms with Crippen LogP contribution in [0.4, 0.5) is 0 Å². The summed E-state index contributed by atoms with van der Waals surface area (Å²) in [5, 5.41) is 0. The standard InChI is InChI=1S/C15H23NO2/c1-2-9-17-14-6-5-13(7-8-16)15(10-14)18-11-12-3-4-12/h5-6,10,12H,2-4,7-9,11,16H2,1H3. The van der Waals surface area contributed by atoms with Gasteiger partial charge in [0.15, 0.2) is 0 Å². The Morgan fingerprint density at radius 2 is 2.11 bits per heavy atom. The van der Waals surface area contributed by atoms with Gasteiger partial charge in [-0.25, -0.2) is 0 Å². The third-order valence-electron chi connectivity index (χ3n) is 3.10. The van der Waals surface area contributed by atoms with Crippen molar-refractivity contribution in [3.05, 3.63) is 23.8 Å². The summed E-state index contributed by atoms with van der Waals surface area (Å²) in [4.78, 5) is 0. The second-order valence-corrected chi connectivity index (χ2v) is 4.91. The Kier molecular flexibility index (Phi) is 4.88. The maximum atomic E-state index is 5.90. The van der Waals surface area contributed by atoms with Crippen molar-refractivity contribution in [3.8, 4) is 11.5 Å². The van der Waals surface area contributed by atoms with Crippen LogP contribution in [0.15, 0.2) is 18.2 Å². The zero-order valence-corrected chi connectivity index (χ0v) is 11.2. The zero-order valence-electron chi connectivity index (χ0n) is 11.2. The van der Waals surface area contributed by atoms with Gasteiger partial charge in [0.1, 0.15) is 11.5 Å². The van der Waals surface area contributed by atoms with E-state index in [9.17, 15) is 0 Å². The molecule has 0 radical (unpaired) electrons. The smallest absolute Gasteiger partial charge is 0.126 e. The van der Waals surface area contributed by atoms with Gasteiger partial charge in [-0.05, 0) is 49.8 Å². The summed E-state index contributed by atoms with van der Waals surface area (Å²) in [6.07, 6.45) is 4.48. The highest BCUT2D eigenvalue weighted by Crippen LogP contribution is 2.31. The summed E-state index contributed by atoms with van der Waals surface area (Å²) in [6, 6.07) is 6.08. The van der Waals surface area contributed by atoms with Gasteiger partial charge in [-0.1, -0.05) is 13.0 Å². The van der Waals surface area contributed by atoms with Crippen molar-refractivity contribution in [1.82, 2.24) is 0 Å². The fraction of sp³-hybridized carbons (Fsp3) is 0.600. The molecule has 3 nitrogen and oxygen atoms in total. The molecule has 0 bridgehead atoms. The molecular weight excluding hydrogens is 226 g/mol. The van der Waals surface area contributed by atoms with E-state index in [1.807, 2.05) is 12.1 Å².